The molecule has 4 nitrogen and oxygen atoms in total. The van der Waals surface area contributed by atoms with Gasteiger partial charge in [0.25, 0.3) is 0 Å². The lowest BCUT2D eigenvalue weighted by molar-refractivity contribution is 0.0702. The van der Waals surface area contributed by atoms with E-state index in [1.807, 2.05) is 0 Å². The minimum atomic E-state index is -0.966. The summed E-state index contributed by atoms with van der Waals surface area (Å²) in [6, 6.07) is 0. The van der Waals surface area contributed by atoms with Crippen LogP contribution < -0.4 is 0 Å². The molecule has 0 aliphatic carbocycles. The second kappa shape index (κ2) is 3.45. The summed E-state index contributed by atoms with van der Waals surface area (Å²) in [5.41, 5.74) is 0. The van der Waals surface area contributed by atoms with E-state index in [0.29, 0.717) is 11.4 Å². The molecule has 0 unspecified atom stereocenters. The van der Waals surface area contributed by atoms with Crippen LogP contribution in [0.1, 0.15) is 14.7 Å². The average molecular weight is 173 g/mol. The third-order valence-electron chi connectivity index (χ3n) is 1.09. The van der Waals surface area contributed by atoms with E-state index in [-0.39, 0.29) is 11.5 Å². The van der Waals surface area contributed by atoms with Gasteiger partial charge in [-0.1, -0.05) is 0 Å². The fourth-order valence-electron chi connectivity index (χ4n) is 0.620. The van der Waals surface area contributed by atoms with Crippen LogP contribution in [0.3, 0.4) is 0 Å². The highest BCUT2D eigenvalue weighted by molar-refractivity contribution is 7.13. The minimum Gasteiger partial charge on any atom is -0.477 e. The largest absolute Gasteiger partial charge is 0.477 e. The van der Waals surface area contributed by atoms with Crippen LogP contribution in [-0.4, -0.2) is 27.8 Å². The van der Waals surface area contributed by atoms with Gasteiger partial charge in [0.2, 0.25) is 0 Å². The molecular weight excluding hydrogens is 166 g/mol. The number of carboxylic acids is 1. The number of nitrogens with zero attached hydrogens (tertiary/aromatic N) is 1. The Bertz CT molecular complexity index is 258. The van der Waals surface area contributed by atoms with Gasteiger partial charge in [0, 0.05) is 13.0 Å². The number of aromatic carboxylic acids is 1. The van der Waals surface area contributed by atoms with Crippen molar-refractivity contribution in [3.8, 4) is 0 Å². The second-order valence-corrected chi connectivity index (χ2v) is 3.01. The Kier molecular flexibility index (Phi) is 2.56. The summed E-state index contributed by atoms with van der Waals surface area (Å²) in [5, 5.41) is 17.6. The zero-order chi connectivity index (χ0) is 8.27. The fourth-order valence-corrected chi connectivity index (χ4v) is 1.37. The molecule has 0 amide bonds. The van der Waals surface area contributed by atoms with Crippen LogP contribution in [0.25, 0.3) is 0 Å². The molecule has 60 valence electrons. The molecule has 0 spiro atoms. The summed E-state index contributed by atoms with van der Waals surface area (Å²) >= 11 is 1.09. The lowest BCUT2D eigenvalue weighted by atomic mass is 10.5. The summed E-state index contributed by atoms with van der Waals surface area (Å²) < 4.78 is 0. The van der Waals surface area contributed by atoms with Crippen LogP contribution in [0.5, 0.6) is 0 Å². The Balaban J connectivity index is 2.73. The van der Waals surface area contributed by atoms with Gasteiger partial charge in [-0.05, 0) is 0 Å². The van der Waals surface area contributed by atoms with Crippen LogP contribution >= 0.6 is 11.3 Å². The van der Waals surface area contributed by atoms with Gasteiger partial charge in [0.15, 0.2) is 0 Å². The number of thiazole rings is 1. The third-order valence-corrected chi connectivity index (χ3v) is 2.14. The maximum Gasteiger partial charge on any atom is 0.347 e. The van der Waals surface area contributed by atoms with Crippen LogP contribution in [0.4, 0.5) is 0 Å². The Hall–Kier alpha value is -0.940. The van der Waals surface area contributed by atoms with Gasteiger partial charge < -0.3 is 10.2 Å². The van der Waals surface area contributed by atoms with E-state index in [9.17, 15) is 4.79 Å². The molecule has 1 aromatic rings. The number of carboxylic acid groups (broad SMARTS) is 1. The molecule has 1 heterocycles. The Morgan fingerprint density at radius 3 is 2.91 bits per heavy atom. The smallest absolute Gasteiger partial charge is 0.347 e. The number of hydrogen-bond acceptors (Lipinski definition) is 4. The molecule has 0 atom stereocenters. The number of carbonyl (C=O) groups is 1. The van der Waals surface area contributed by atoms with Crippen molar-refractivity contribution in [2.45, 2.75) is 6.42 Å². The third kappa shape index (κ3) is 1.99. The standard InChI is InChI=1S/C6H7NO3S/c8-2-1-5-7-3-4(11-5)6(9)10/h3,8H,1-2H2,(H,9,10). The van der Waals surface area contributed by atoms with Crippen molar-refractivity contribution in [3.05, 3.63) is 16.1 Å². The molecule has 0 aliphatic heterocycles. The van der Waals surface area contributed by atoms with E-state index in [2.05, 4.69) is 4.98 Å². The van der Waals surface area contributed by atoms with Crippen molar-refractivity contribution in [1.29, 1.82) is 0 Å². The van der Waals surface area contributed by atoms with E-state index in [4.69, 9.17) is 10.2 Å². The zero-order valence-electron chi connectivity index (χ0n) is 5.65. The molecule has 2 N–H and O–H groups in total. The molecule has 1 rings (SSSR count). The second-order valence-electron chi connectivity index (χ2n) is 1.90. The van der Waals surface area contributed by atoms with E-state index in [1.54, 1.807) is 0 Å². The summed E-state index contributed by atoms with van der Waals surface area (Å²) in [4.78, 5) is 14.3. The summed E-state index contributed by atoms with van der Waals surface area (Å²) in [6.07, 6.45) is 1.73. The van der Waals surface area contributed by atoms with E-state index >= 15 is 0 Å². The Morgan fingerprint density at radius 2 is 2.45 bits per heavy atom. The van der Waals surface area contributed by atoms with Gasteiger partial charge in [-0.15, -0.1) is 11.3 Å². The number of hydrogen-bond donors (Lipinski definition) is 2. The molecule has 0 bridgehead atoms. The molecule has 0 fully saturated rings. The van der Waals surface area contributed by atoms with Crippen LogP contribution in [0.15, 0.2) is 6.20 Å². The molecule has 1 aromatic heterocycles. The van der Waals surface area contributed by atoms with E-state index < -0.39 is 5.97 Å². The molecule has 0 aromatic carbocycles. The minimum absolute atomic E-state index is 0.00652. The summed E-state index contributed by atoms with van der Waals surface area (Å²) in [6.45, 7) is 0.00652. The van der Waals surface area contributed by atoms with Crippen LogP contribution in [-0.2, 0) is 6.42 Å². The van der Waals surface area contributed by atoms with Gasteiger partial charge in [0.1, 0.15) is 4.88 Å². The predicted molar refractivity (Wildman–Crippen MR) is 39.9 cm³/mol. The monoisotopic (exact) mass is 173 g/mol. The quantitative estimate of drug-likeness (QED) is 0.693. The van der Waals surface area contributed by atoms with Crippen molar-refractivity contribution in [2.75, 3.05) is 6.61 Å². The van der Waals surface area contributed by atoms with Gasteiger partial charge in [0.05, 0.1) is 11.2 Å². The van der Waals surface area contributed by atoms with Gasteiger partial charge in [-0.25, -0.2) is 9.78 Å². The van der Waals surface area contributed by atoms with Gasteiger partial charge >= 0.3 is 5.97 Å². The predicted octanol–water partition coefficient (Wildman–Crippen LogP) is 0.376. The Morgan fingerprint density at radius 1 is 1.73 bits per heavy atom. The first kappa shape index (κ1) is 8.16. The number of rotatable bonds is 3. The molecule has 11 heavy (non-hydrogen) atoms. The topological polar surface area (TPSA) is 70.4 Å². The molecule has 0 saturated heterocycles. The van der Waals surface area contributed by atoms with Crippen LogP contribution in [0.2, 0.25) is 0 Å². The molecule has 0 aliphatic rings. The first-order chi connectivity index (χ1) is 5.24. The molecule has 0 radical (unpaired) electrons. The van der Waals surface area contributed by atoms with Crippen molar-refractivity contribution in [1.82, 2.24) is 4.98 Å². The molecular formula is C6H7NO3S. The van der Waals surface area contributed by atoms with Gasteiger partial charge in [-0.2, -0.15) is 0 Å². The van der Waals surface area contributed by atoms with Crippen molar-refractivity contribution in [2.24, 2.45) is 0 Å². The first-order valence-corrected chi connectivity index (χ1v) is 3.84. The number of aliphatic hydroxyl groups is 1. The molecule has 0 saturated carbocycles. The van der Waals surface area contributed by atoms with E-state index in [0.717, 1.165) is 11.3 Å². The first-order valence-electron chi connectivity index (χ1n) is 3.03. The highest BCUT2D eigenvalue weighted by atomic mass is 32.1. The van der Waals surface area contributed by atoms with Gasteiger partial charge in [-0.3, -0.25) is 0 Å². The van der Waals surface area contributed by atoms with Crippen molar-refractivity contribution >= 4 is 17.3 Å². The maximum absolute atomic E-state index is 10.3. The fraction of sp³-hybridized carbons (Fsp3) is 0.333. The van der Waals surface area contributed by atoms with Crippen molar-refractivity contribution in [3.63, 3.8) is 0 Å². The average Bonchev–Trinajstić information content (AvgIpc) is 2.37. The SMILES string of the molecule is O=C(O)c1cnc(CCO)s1. The summed E-state index contributed by atoms with van der Waals surface area (Å²) in [7, 11) is 0. The number of aliphatic hydroxyl groups excluding tert-OH is 1. The van der Waals surface area contributed by atoms with Crippen LogP contribution in [0, 0.1) is 0 Å². The lowest BCUT2D eigenvalue weighted by Gasteiger charge is -1.85. The zero-order valence-corrected chi connectivity index (χ0v) is 6.47. The highest BCUT2D eigenvalue weighted by Crippen LogP contribution is 2.12. The Labute approximate surface area is 67.1 Å². The highest BCUT2D eigenvalue weighted by Gasteiger charge is 2.06. The number of aromatic nitrogens is 1. The maximum atomic E-state index is 10.3. The summed E-state index contributed by atoms with van der Waals surface area (Å²) in [5.74, 6) is -0.966. The normalized spacial score (nSPS) is 9.91. The molecule has 5 heteroatoms. The van der Waals surface area contributed by atoms with Crippen molar-refractivity contribution < 1.29 is 15.0 Å². The lowest BCUT2D eigenvalue weighted by Crippen LogP contribution is -1.90. The van der Waals surface area contributed by atoms with E-state index in [1.165, 1.54) is 6.20 Å².